The summed E-state index contributed by atoms with van der Waals surface area (Å²) >= 11 is 0. The van der Waals surface area contributed by atoms with Gasteiger partial charge in [0.2, 0.25) is 5.91 Å². The van der Waals surface area contributed by atoms with Crippen LogP contribution in [0, 0.1) is 5.82 Å². The highest BCUT2D eigenvalue weighted by atomic mass is 19.1. The van der Waals surface area contributed by atoms with Crippen LogP contribution in [0.2, 0.25) is 0 Å². The van der Waals surface area contributed by atoms with E-state index in [2.05, 4.69) is 5.32 Å². The third-order valence-electron chi connectivity index (χ3n) is 2.66. The number of carbonyl (C=O) groups excluding carboxylic acids is 4. The van der Waals surface area contributed by atoms with Crippen LogP contribution in [-0.4, -0.2) is 47.1 Å². The first-order valence-electron chi connectivity index (χ1n) is 5.59. The van der Waals surface area contributed by atoms with E-state index in [0.717, 1.165) is 13.1 Å². The van der Waals surface area contributed by atoms with Crippen molar-refractivity contribution in [1.82, 2.24) is 9.80 Å². The van der Waals surface area contributed by atoms with Crippen molar-refractivity contribution in [2.24, 2.45) is 0 Å². The summed E-state index contributed by atoms with van der Waals surface area (Å²) in [6, 6.07) is 4.27. The molecule has 1 fully saturated rings. The molecule has 5 amide bonds. The summed E-state index contributed by atoms with van der Waals surface area (Å²) in [4.78, 5) is 47.0. The van der Waals surface area contributed by atoms with Gasteiger partial charge in [0.05, 0.1) is 0 Å². The van der Waals surface area contributed by atoms with Crippen LogP contribution in [0.25, 0.3) is 0 Å². The van der Waals surface area contributed by atoms with Crippen LogP contribution in [0.1, 0.15) is 0 Å². The lowest BCUT2D eigenvalue weighted by Gasteiger charge is -2.12. The number of halogens is 1. The van der Waals surface area contributed by atoms with Crippen molar-refractivity contribution < 1.29 is 23.6 Å². The van der Waals surface area contributed by atoms with E-state index in [1.54, 1.807) is 0 Å². The highest BCUT2D eigenvalue weighted by molar-refractivity contribution is 6.44. The Bertz CT molecular complexity index is 616. The van der Waals surface area contributed by atoms with Gasteiger partial charge in [-0.2, -0.15) is 0 Å². The molecule has 0 unspecified atom stereocenters. The molecule has 104 valence electrons. The van der Waals surface area contributed by atoms with Crippen LogP contribution in [0.15, 0.2) is 24.3 Å². The Balaban J connectivity index is 2.04. The Kier molecular flexibility index (Phi) is 3.47. The fraction of sp³-hybridized carbons (Fsp3) is 0.167. The van der Waals surface area contributed by atoms with E-state index in [9.17, 15) is 23.6 Å². The molecule has 0 spiro atoms. The summed E-state index contributed by atoms with van der Waals surface area (Å²) in [5.41, 5.74) is 0.189. The zero-order valence-electron chi connectivity index (χ0n) is 10.4. The summed E-state index contributed by atoms with van der Waals surface area (Å²) in [5.74, 6) is -3.30. The summed E-state index contributed by atoms with van der Waals surface area (Å²) in [5, 5.41) is 2.33. The van der Waals surface area contributed by atoms with Crippen molar-refractivity contribution in [1.29, 1.82) is 0 Å². The summed E-state index contributed by atoms with van der Waals surface area (Å²) < 4.78 is 12.9. The predicted octanol–water partition coefficient (Wildman–Crippen LogP) is 0.185. The lowest BCUT2D eigenvalue weighted by Crippen LogP contribution is -2.38. The topological polar surface area (TPSA) is 86.8 Å². The molecule has 0 bridgehead atoms. The number of rotatable bonds is 3. The molecule has 1 N–H and O–H groups in total. The monoisotopic (exact) mass is 279 g/mol. The number of urea groups is 1. The van der Waals surface area contributed by atoms with Crippen LogP contribution < -0.4 is 5.32 Å². The lowest BCUT2D eigenvalue weighted by atomic mass is 10.3. The second-order valence-corrected chi connectivity index (χ2v) is 4.10. The number of nitrogens with one attached hydrogen (secondary N) is 1. The molecule has 0 aromatic heterocycles. The summed E-state index contributed by atoms with van der Waals surface area (Å²) in [7, 11) is 1.15. The van der Waals surface area contributed by atoms with Gasteiger partial charge < -0.3 is 5.32 Å². The highest BCUT2D eigenvalue weighted by Crippen LogP contribution is 2.11. The molecule has 1 aliphatic rings. The summed E-state index contributed by atoms with van der Waals surface area (Å²) in [6.45, 7) is -0.607. The van der Waals surface area contributed by atoms with E-state index in [4.69, 9.17) is 0 Å². The fourth-order valence-corrected chi connectivity index (χ4v) is 1.66. The van der Waals surface area contributed by atoms with Gasteiger partial charge in [0.1, 0.15) is 12.4 Å². The number of carbonyl (C=O) groups is 4. The minimum absolute atomic E-state index is 0.189. The maximum atomic E-state index is 12.9. The first-order chi connectivity index (χ1) is 9.40. The number of benzene rings is 1. The van der Waals surface area contributed by atoms with E-state index in [1.807, 2.05) is 0 Å². The molecule has 1 saturated heterocycles. The number of imide groups is 2. The number of anilines is 1. The minimum Gasteiger partial charge on any atom is -0.324 e. The second-order valence-electron chi connectivity index (χ2n) is 4.10. The van der Waals surface area contributed by atoms with Gasteiger partial charge >= 0.3 is 17.8 Å². The van der Waals surface area contributed by atoms with Gasteiger partial charge in [-0.15, -0.1) is 0 Å². The van der Waals surface area contributed by atoms with Gasteiger partial charge in [-0.3, -0.25) is 19.3 Å². The number of hydrogen-bond acceptors (Lipinski definition) is 4. The van der Waals surface area contributed by atoms with Crippen LogP contribution in [0.4, 0.5) is 14.9 Å². The first-order valence-corrected chi connectivity index (χ1v) is 5.59. The van der Waals surface area contributed by atoms with Crippen molar-refractivity contribution in [3.05, 3.63) is 30.1 Å². The van der Waals surface area contributed by atoms with E-state index < -0.39 is 36.1 Å². The number of amides is 5. The Morgan fingerprint density at radius 2 is 1.95 bits per heavy atom. The third-order valence-corrected chi connectivity index (χ3v) is 2.66. The van der Waals surface area contributed by atoms with Crippen LogP contribution in [0.5, 0.6) is 0 Å². The van der Waals surface area contributed by atoms with E-state index in [1.165, 1.54) is 18.2 Å². The molecule has 1 aliphatic heterocycles. The van der Waals surface area contributed by atoms with Gasteiger partial charge in [0.15, 0.2) is 0 Å². The van der Waals surface area contributed by atoms with Gasteiger partial charge in [-0.1, -0.05) is 6.07 Å². The Hall–Kier alpha value is -2.77. The van der Waals surface area contributed by atoms with Crippen molar-refractivity contribution in [2.45, 2.75) is 0 Å². The van der Waals surface area contributed by atoms with Crippen LogP contribution in [0.3, 0.4) is 0 Å². The predicted molar refractivity (Wildman–Crippen MR) is 64.9 cm³/mol. The zero-order valence-corrected chi connectivity index (χ0v) is 10.4. The molecule has 0 radical (unpaired) electrons. The fourth-order valence-electron chi connectivity index (χ4n) is 1.66. The quantitative estimate of drug-likeness (QED) is 0.632. The van der Waals surface area contributed by atoms with Gasteiger partial charge in [-0.25, -0.2) is 14.1 Å². The molecule has 1 aromatic rings. The number of nitrogens with zero attached hydrogens (tertiary/aromatic N) is 2. The SMILES string of the molecule is CN1C(=O)C(=O)N(CC(=O)Nc2cccc(F)c2)C1=O. The maximum Gasteiger partial charge on any atom is 0.334 e. The average Bonchev–Trinajstić information content (AvgIpc) is 2.57. The van der Waals surface area contributed by atoms with Crippen molar-refractivity contribution in [2.75, 3.05) is 18.9 Å². The molecular formula is C12H10FN3O4. The molecule has 0 aliphatic carbocycles. The molecule has 2 rings (SSSR count). The Labute approximate surface area is 112 Å². The van der Waals surface area contributed by atoms with Crippen molar-refractivity contribution >= 4 is 29.4 Å². The first kappa shape index (κ1) is 13.7. The van der Waals surface area contributed by atoms with Gasteiger partial charge in [-0.05, 0) is 18.2 Å². The van der Waals surface area contributed by atoms with Crippen molar-refractivity contribution in [3.8, 4) is 0 Å². The minimum atomic E-state index is -1.06. The third kappa shape index (κ3) is 2.48. The second kappa shape index (κ2) is 5.08. The van der Waals surface area contributed by atoms with Crippen LogP contribution in [-0.2, 0) is 14.4 Å². The zero-order chi connectivity index (χ0) is 14.9. The summed E-state index contributed by atoms with van der Waals surface area (Å²) in [6.07, 6.45) is 0. The smallest absolute Gasteiger partial charge is 0.324 e. The standard InChI is InChI=1S/C12H10FN3O4/c1-15-10(18)11(19)16(12(15)20)6-9(17)14-8-4-2-3-7(13)5-8/h2-5H,6H2,1H3,(H,14,17). The van der Waals surface area contributed by atoms with E-state index in [-0.39, 0.29) is 5.69 Å². The molecular weight excluding hydrogens is 269 g/mol. The highest BCUT2D eigenvalue weighted by Gasteiger charge is 2.42. The molecule has 0 atom stereocenters. The average molecular weight is 279 g/mol. The normalized spacial score (nSPS) is 15.0. The largest absolute Gasteiger partial charge is 0.334 e. The number of hydrogen-bond donors (Lipinski definition) is 1. The van der Waals surface area contributed by atoms with Gasteiger partial charge in [0.25, 0.3) is 0 Å². The molecule has 0 saturated carbocycles. The molecule has 8 heteroatoms. The Morgan fingerprint density at radius 1 is 1.25 bits per heavy atom. The van der Waals surface area contributed by atoms with Crippen LogP contribution >= 0.6 is 0 Å². The van der Waals surface area contributed by atoms with E-state index in [0.29, 0.717) is 9.80 Å². The van der Waals surface area contributed by atoms with E-state index >= 15 is 0 Å². The van der Waals surface area contributed by atoms with Crippen molar-refractivity contribution in [3.63, 3.8) is 0 Å². The number of likely N-dealkylation sites (N-methyl/N-ethyl adjacent to an activating group) is 1. The molecule has 1 heterocycles. The van der Waals surface area contributed by atoms with Gasteiger partial charge in [0, 0.05) is 12.7 Å². The maximum absolute atomic E-state index is 12.9. The molecule has 1 aromatic carbocycles. The lowest BCUT2D eigenvalue weighted by molar-refractivity contribution is -0.143. The molecule has 7 nitrogen and oxygen atoms in total. The molecule has 20 heavy (non-hydrogen) atoms. The Morgan fingerprint density at radius 3 is 2.50 bits per heavy atom.